The number of halogens is 1. The van der Waals surface area contributed by atoms with Gasteiger partial charge in [-0.15, -0.1) is 0 Å². The molecule has 0 fully saturated rings. The van der Waals surface area contributed by atoms with Crippen LogP contribution in [0.15, 0.2) is 30.3 Å². The molecule has 0 aliphatic heterocycles. The minimum Gasteiger partial charge on any atom is -0.325 e. The normalized spacial score (nSPS) is 11.8. The standard InChI is InChI=1S/C10H8FN4O3P/c11-8-3-1-2-4-9(8)15-10(14-18-19(16)17)5-7(6-12)13-15/h1-5,14,19H,(H,16,17). The molecule has 98 valence electrons. The third-order valence-corrected chi connectivity index (χ3v) is 2.42. The molecule has 0 aliphatic rings. The average molecular weight is 282 g/mol. The minimum atomic E-state index is -3.22. The second-order valence-electron chi connectivity index (χ2n) is 3.36. The predicted molar refractivity (Wildman–Crippen MR) is 64.2 cm³/mol. The van der Waals surface area contributed by atoms with E-state index in [0.29, 0.717) is 0 Å². The maximum atomic E-state index is 13.7. The fourth-order valence-corrected chi connectivity index (χ4v) is 1.60. The largest absolute Gasteiger partial charge is 0.337 e. The maximum Gasteiger partial charge on any atom is 0.337 e. The summed E-state index contributed by atoms with van der Waals surface area (Å²) < 4.78 is 29.6. The molecule has 1 aromatic heterocycles. The first-order valence-corrected chi connectivity index (χ1v) is 6.29. The van der Waals surface area contributed by atoms with E-state index >= 15 is 0 Å². The van der Waals surface area contributed by atoms with Gasteiger partial charge in [0.2, 0.25) is 0 Å². The van der Waals surface area contributed by atoms with Gasteiger partial charge >= 0.3 is 8.25 Å². The lowest BCUT2D eigenvalue weighted by atomic mass is 10.3. The quantitative estimate of drug-likeness (QED) is 0.652. The molecule has 0 amide bonds. The van der Waals surface area contributed by atoms with Crippen LogP contribution in [0.5, 0.6) is 0 Å². The van der Waals surface area contributed by atoms with Crippen LogP contribution in [0, 0.1) is 17.1 Å². The first kappa shape index (κ1) is 13.2. The minimum absolute atomic E-state index is 0.00645. The van der Waals surface area contributed by atoms with Crippen LogP contribution in [0.3, 0.4) is 0 Å². The highest BCUT2D eigenvalue weighted by molar-refractivity contribution is 7.32. The highest BCUT2D eigenvalue weighted by Gasteiger charge is 2.13. The van der Waals surface area contributed by atoms with Gasteiger partial charge in [0.25, 0.3) is 0 Å². The van der Waals surface area contributed by atoms with E-state index in [-0.39, 0.29) is 17.2 Å². The van der Waals surface area contributed by atoms with Crippen LogP contribution >= 0.6 is 8.25 Å². The topological polar surface area (TPSA) is 100 Å². The fraction of sp³-hybridized carbons (Fsp3) is 0. The molecule has 2 N–H and O–H groups in total. The molecule has 7 nitrogen and oxygen atoms in total. The Labute approximate surface area is 107 Å². The van der Waals surface area contributed by atoms with E-state index in [4.69, 9.17) is 10.2 Å². The number of hydrogen-bond donors (Lipinski definition) is 2. The van der Waals surface area contributed by atoms with E-state index < -0.39 is 14.1 Å². The second-order valence-corrected chi connectivity index (χ2v) is 4.10. The highest BCUT2D eigenvalue weighted by Crippen LogP contribution is 2.22. The van der Waals surface area contributed by atoms with Crippen molar-refractivity contribution in [3.8, 4) is 11.8 Å². The number of aromatic nitrogens is 2. The summed E-state index contributed by atoms with van der Waals surface area (Å²) >= 11 is 0. The molecule has 0 spiro atoms. The molecule has 1 heterocycles. The van der Waals surface area contributed by atoms with Gasteiger partial charge in [-0.3, -0.25) is 4.57 Å². The van der Waals surface area contributed by atoms with E-state index in [9.17, 15) is 8.96 Å². The van der Waals surface area contributed by atoms with Gasteiger partial charge in [-0.1, -0.05) is 12.1 Å². The van der Waals surface area contributed by atoms with Crippen LogP contribution in [0.1, 0.15) is 5.69 Å². The number of anilines is 1. The van der Waals surface area contributed by atoms with Crippen molar-refractivity contribution in [2.75, 3.05) is 5.48 Å². The zero-order valence-corrected chi connectivity index (χ0v) is 10.4. The third-order valence-electron chi connectivity index (χ3n) is 2.15. The molecule has 2 aromatic rings. The van der Waals surface area contributed by atoms with Crippen molar-refractivity contribution in [3.63, 3.8) is 0 Å². The Bertz CT molecular complexity index is 667. The fourth-order valence-electron chi connectivity index (χ4n) is 1.41. The Hall–Kier alpha value is -2.20. The number of rotatable bonds is 4. The van der Waals surface area contributed by atoms with E-state index in [1.807, 2.05) is 0 Å². The van der Waals surface area contributed by atoms with E-state index in [1.165, 1.54) is 24.3 Å². The molecule has 0 bridgehead atoms. The molecule has 0 radical (unpaired) electrons. The molecule has 0 saturated heterocycles. The van der Waals surface area contributed by atoms with Crippen LogP contribution in [0.4, 0.5) is 10.2 Å². The van der Waals surface area contributed by atoms with Gasteiger partial charge in [-0.25, -0.2) is 14.6 Å². The zero-order valence-electron chi connectivity index (χ0n) is 9.37. The summed E-state index contributed by atoms with van der Waals surface area (Å²) in [6, 6.07) is 8.80. The predicted octanol–water partition coefficient (Wildman–Crippen LogP) is 1.61. The Kier molecular flexibility index (Phi) is 3.92. The first-order chi connectivity index (χ1) is 9.11. The molecule has 1 atom stereocenters. The lowest BCUT2D eigenvalue weighted by molar-refractivity contribution is 0.336. The van der Waals surface area contributed by atoms with E-state index in [2.05, 4.69) is 15.2 Å². The summed E-state index contributed by atoms with van der Waals surface area (Å²) in [5.74, 6) is -0.496. The Balaban J connectivity index is 2.44. The van der Waals surface area contributed by atoms with Crippen LogP contribution in [0.25, 0.3) is 5.69 Å². The Morgan fingerprint density at radius 3 is 2.89 bits per heavy atom. The van der Waals surface area contributed by atoms with E-state index in [0.717, 1.165) is 4.68 Å². The lowest BCUT2D eigenvalue weighted by Crippen LogP contribution is -2.06. The molecule has 2 rings (SSSR count). The summed E-state index contributed by atoms with van der Waals surface area (Å²) in [6.07, 6.45) is 0. The Morgan fingerprint density at radius 1 is 1.53 bits per heavy atom. The second kappa shape index (κ2) is 5.63. The lowest BCUT2D eigenvalue weighted by Gasteiger charge is -2.08. The summed E-state index contributed by atoms with van der Waals surface area (Å²) in [4.78, 5) is 8.59. The molecule has 0 saturated carbocycles. The SMILES string of the molecule is N#Cc1cc(NO[PH](=O)O)n(-c2ccccc2F)n1. The summed E-state index contributed by atoms with van der Waals surface area (Å²) in [5, 5.41) is 12.6. The zero-order chi connectivity index (χ0) is 13.8. The van der Waals surface area contributed by atoms with Gasteiger partial charge < -0.3 is 4.89 Å². The van der Waals surface area contributed by atoms with Crippen molar-refractivity contribution < 1.29 is 18.5 Å². The number of hydrogen-bond acceptors (Lipinski definition) is 5. The monoisotopic (exact) mass is 282 g/mol. The summed E-state index contributed by atoms with van der Waals surface area (Å²) in [6.45, 7) is 0. The molecular formula is C10H8FN4O3P. The van der Waals surface area contributed by atoms with Crippen molar-refractivity contribution in [1.82, 2.24) is 9.78 Å². The molecular weight excluding hydrogens is 274 g/mol. The van der Waals surface area contributed by atoms with Gasteiger partial charge in [0, 0.05) is 6.07 Å². The summed E-state index contributed by atoms with van der Waals surface area (Å²) in [5.41, 5.74) is 2.24. The molecule has 9 heteroatoms. The van der Waals surface area contributed by atoms with Gasteiger partial charge in [0.1, 0.15) is 17.6 Å². The first-order valence-electron chi connectivity index (χ1n) is 5.02. The van der Waals surface area contributed by atoms with Crippen molar-refractivity contribution in [2.24, 2.45) is 0 Å². The van der Waals surface area contributed by atoms with Crippen LogP contribution in [0.2, 0.25) is 0 Å². The van der Waals surface area contributed by atoms with Gasteiger partial charge in [-0.2, -0.15) is 15.0 Å². The molecule has 1 unspecified atom stereocenters. The van der Waals surface area contributed by atoms with Crippen molar-refractivity contribution in [3.05, 3.63) is 41.8 Å². The molecule has 1 aromatic carbocycles. The molecule has 19 heavy (non-hydrogen) atoms. The van der Waals surface area contributed by atoms with Crippen molar-refractivity contribution in [1.29, 1.82) is 5.26 Å². The van der Waals surface area contributed by atoms with Crippen LogP contribution in [-0.4, -0.2) is 14.7 Å². The van der Waals surface area contributed by atoms with Crippen LogP contribution in [-0.2, 0) is 9.19 Å². The smallest absolute Gasteiger partial charge is 0.325 e. The average Bonchev–Trinajstić information content (AvgIpc) is 2.80. The number of nitriles is 1. The molecule has 0 aliphatic carbocycles. The number of nitrogens with zero attached hydrogens (tertiary/aromatic N) is 3. The number of para-hydroxylation sites is 1. The van der Waals surface area contributed by atoms with Gasteiger partial charge in [-0.05, 0) is 12.1 Å². The third kappa shape index (κ3) is 2.98. The van der Waals surface area contributed by atoms with Gasteiger partial charge in [0.05, 0.1) is 0 Å². The van der Waals surface area contributed by atoms with Crippen molar-refractivity contribution in [2.45, 2.75) is 0 Å². The van der Waals surface area contributed by atoms with Crippen LogP contribution < -0.4 is 5.48 Å². The highest BCUT2D eigenvalue weighted by atomic mass is 31.1. The Morgan fingerprint density at radius 2 is 2.26 bits per heavy atom. The van der Waals surface area contributed by atoms with E-state index in [1.54, 1.807) is 12.1 Å². The van der Waals surface area contributed by atoms with Crippen molar-refractivity contribution >= 4 is 14.1 Å². The number of nitrogens with one attached hydrogen (secondary N) is 1. The number of benzene rings is 1. The van der Waals surface area contributed by atoms with Gasteiger partial charge in [0.15, 0.2) is 11.5 Å². The maximum absolute atomic E-state index is 13.7. The summed E-state index contributed by atoms with van der Waals surface area (Å²) in [7, 11) is -3.22.